The van der Waals surface area contributed by atoms with Gasteiger partial charge in [-0.3, -0.25) is 19.4 Å². The Labute approximate surface area is 303 Å². The molecule has 3 heterocycles. The van der Waals surface area contributed by atoms with E-state index in [1.807, 2.05) is 26.0 Å². The molecule has 0 radical (unpaired) electrons. The Morgan fingerprint density at radius 2 is 1.84 bits per heavy atom. The number of ether oxygens (including phenoxy) is 3. The van der Waals surface area contributed by atoms with Gasteiger partial charge in [-0.25, -0.2) is 4.79 Å². The smallest absolute Gasteiger partial charge is 0.329 e. The zero-order valence-corrected chi connectivity index (χ0v) is 30.9. The quantitative estimate of drug-likeness (QED) is 0.115. The number of allylic oxidation sites excluding steroid dienone is 3. The molecule has 11 nitrogen and oxygen atoms in total. The lowest BCUT2D eigenvalue weighted by Crippen LogP contribution is -2.61. The summed E-state index contributed by atoms with van der Waals surface area (Å²) in [5.41, 5.74) is 0.902. The van der Waals surface area contributed by atoms with Gasteiger partial charge in [0.1, 0.15) is 24.0 Å². The highest BCUT2D eigenvalue weighted by molar-refractivity contribution is 6.39. The highest BCUT2D eigenvalue weighted by atomic mass is 16.6. The predicted molar refractivity (Wildman–Crippen MR) is 193 cm³/mol. The second-order valence-corrected chi connectivity index (χ2v) is 14.2. The number of Topliss-reactive ketones (excluding diaryl/α,β-unsaturated/α-hetero) is 2. The molecule has 0 aliphatic carbocycles. The van der Waals surface area contributed by atoms with E-state index in [4.69, 9.17) is 14.2 Å². The molecule has 0 saturated carbocycles. The van der Waals surface area contributed by atoms with Crippen LogP contribution in [0.25, 0.3) is 0 Å². The van der Waals surface area contributed by atoms with Crippen molar-refractivity contribution < 1.29 is 43.6 Å². The molecule has 0 bridgehead atoms. The molecule has 9 atom stereocenters. The van der Waals surface area contributed by atoms with Crippen LogP contribution in [0.3, 0.4) is 0 Å². The number of methoxy groups -OCH3 is 1. The maximum Gasteiger partial charge on any atom is 0.329 e. The van der Waals surface area contributed by atoms with Gasteiger partial charge in [0.2, 0.25) is 5.79 Å². The summed E-state index contributed by atoms with van der Waals surface area (Å²) in [4.78, 5) is 60.4. The van der Waals surface area contributed by atoms with Crippen molar-refractivity contribution in [1.29, 1.82) is 0 Å². The second-order valence-electron chi connectivity index (χ2n) is 14.2. The van der Waals surface area contributed by atoms with Gasteiger partial charge in [-0.15, -0.1) is 13.2 Å². The Morgan fingerprint density at radius 3 is 2.45 bits per heavy atom. The van der Waals surface area contributed by atoms with Gasteiger partial charge in [-0.1, -0.05) is 51.1 Å². The van der Waals surface area contributed by atoms with Crippen LogP contribution in [-0.4, -0.2) is 93.4 Å². The molecule has 1 amide bonds. The van der Waals surface area contributed by atoms with Gasteiger partial charge >= 0.3 is 5.97 Å². The molecule has 11 heteroatoms. The van der Waals surface area contributed by atoms with E-state index in [0.29, 0.717) is 44.9 Å². The third kappa shape index (κ3) is 10.8. The molecular weight excluding hydrogens is 652 g/mol. The highest BCUT2D eigenvalue weighted by Gasteiger charge is 2.53. The largest absolute Gasteiger partial charge is 0.460 e. The summed E-state index contributed by atoms with van der Waals surface area (Å²) in [5.74, 6) is -7.41. The van der Waals surface area contributed by atoms with Crippen molar-refractivity contribution in [1.82, 2.24) is 9.88 Å². The number of rotatable bonds is 19. The molecule has 2 aliphatic rings. The van der Waals surface area contributed by atoms with Crippen molar-refractivity contribution in [3.63, 3.8) is 0 Å². The summed E-state index contributed by atoms with van der Waals surface area (Å²) < 4.78 is 17.7. The number of pyridine rings is 1. The molecular formula is C40H58N2O9. The van der Waals surface area contributed by atoms with Crippen LogP contribution in [0.1, 0.15) is 84.6 Å². The van der Waals surface area contributed by atoms with Crippen molar-refractivity contribution in [3.05, 3.63) is 67.6 Å². The lowest BCUT2D eigenvalue weighted by Gasteiger charge is -2.43. The van der Waals surface area contributed by atoms with E-state index in [0.717, 1.165) is 5.56 Å². The average Bonchev–Trinajstić information content (AvgIpc) is 3.13. The number of hydrogen-bond acceptors (Lipinski definition) is 10. The first-order valence-corrected chi connectivity index (χ1v) is 18.3. The average molecular weight is 711 g/mol. The Balaban J connectivity index is 1.85. The molecule has 282 valence electrons. The number of nitrogens with zero attached hydrogens (tertiary/aromatic N) is 2. The molecule has 2 fully saturated rings. The molecule has 1 aromatic rings. The lowest BCUT2D eigenvalue weighted by molar-refractivity contribution is -0.273. The van der Waals surface area contributed by atoms with E-state index in [1.165, 1.54) is 12.0 Å². The molecule has 2 N–H and O–H groups in total. The van der Waals surface area contributed by atoms with E-state index in [-0.39, 0.29) is 37.0 Å². The highest BCUT2D eigenvalue weighted by Crippen LogP contribution is 2.36. The topological polar surface area (TPSA) is 153 Å². The minimum atomic E-state index is -2.40. The van der Waals surface area contributed by atoms with E-state index in [9.17, 15) is 29.4 Å². The number of carbonyl (C=O) groups is 4. The Hall–Kier alpha value is -3.51. The van der Waals surface area contributed by atoms with Gasteiger partial charge in [0, 0.05) is 50.2 Å². The van der Waals surface area contributed by atoms with Crippen molar-refractivity contribution in [2.24, 2.45) is 23.7 Å². The molecule has 2 saturated heterocycles. The summed E-state index contributed by atoms with van der Waals surface area (Å²) in [6.45, 7) is 14.7. The van der Waals surface area contributed by atoms with Crippen LogP contribution in [0.5, 0.6) is 0 Å². The minimum Gasteiger partial charge on any atom is -0.460 e. The maximum atomic E-state index is 14.1. The van der Waals surface area contributed by atoms with Crippen LogP contribution in [-0.2, 0) is 39.8 Å². The second kappa shape index (κ2) is 19.9. The molecule has 2 aliphatic heterocycles. The summed E-state index contributed by atoms with van der Waals surface area (Å²) in [7, 11) is 1.51. The molecule has 0 aromatic carbocycles. The van der Waals surface area contributed by atoms with Crippen molar-refractivity contribution in [2.75, 3.05) is 13.7 Å². The van der Waals surface area contributed by atoms with Gasteiger partial charge < -0.3 is 29.3 Å². The predicted octanol–water partition coefficient (Wildman–Crippen LogP) is 4.94. The summed E-state index contributed by atoms with van der Waals surface area (Å²) in [6.07, 6.45) is 10.7. The van der Waals surface area contributed by atoms with E-state index in [1.54, 1.807) is 50.5 Å². The number of hydrogen-bond donors (Lipinski definition) is 2. The molecule has 0 spiro atoms. The van der Waals surface area contributed by atoms with Crippen LogP contribution in [0.2, 0.25) is 0 Å². The normalized spacial score (nSPS) is 25.4. The molecule has 1 unspecified atom stereocenters. The lowest BCUT2D eigenvalue weighted by atomic mass is 9.82. The van der Waals surface area contributed by atoms with E-state index >= 15 is 0 Å². The Morgan fingerprint density at radius 1 is 1.14 bits per heavy atom. The third-order valence-corrected chi connectivity index (χ3v) is 10.4. The number of amides is 1. The van der Waals surface area contributed by atoms with Gasteiger partial charge in [0.15, 0.2) is 0 Å². The third-order valence-electron chi connectivity index (χ3n) is 10.4. The molecule has 3 rings (SSSR count). The molecule has 51 heavy (non-hydrogen) atoms. The Kier molecular flexibility index (Phi) is 16.4. The van der Waals surface area contributed by atoms with Crippen LogP contribution >= 0.6 is 0 Å². The van der Waals surface area contributed by atoms with Crippen LogP contribution in [0, 0.1) is 23.7 Å². The number of esters is 1. The zero-order valence-electron chi connectivity index (χ0n) is 30.9. The minimum absolute atomic E-state index is 0.119. The van der Waals surface area contributed by atoms with E-state index < -0.39 is 65.7 Å². The summed E-state index contributed by atoms with van der Waals surface area (Å²) >= 11 is 0. The van der Waals surface area contributed by atoms with Crippen molar-refractivity contribution in [2.45, 2.75) is 122 Å². The van der Waals surface area contributed by atoms with Crippen molar-refractivity contribution >= 4 is 23.4 Å². The molecule has 1 aromatic heterocycles. The van der Waals surface area contributed by atoms with Crippen LogP contribution in [0.4, 0.5) is 0 Å². The first kappa shape index (κ1) is 41.9. The van der Waals surface area contributed by atoms with Gasteiger partial charge in [-0.05, 0) is 75.8 Å². The zero-order chi connectivity index (χ0) is 37.7. The van der Waals surface area contributed by atoms with Gasteiger partial charge in [-0.2, -0.15) is 0 Å². The van der Waals surface area contributed by atoms with Crippen molar-refractivity contribution in [3.8, 4) is 0 Å². The fourth-order valence-corrected chi connectivity index (χ4v) is 7.27. The van der Waals surface area contributed by atoms with Crippen LogP contribution in [0.15, 0.2) is 62.0 Å². The number of carbonyl (C=O) groups excluding carboxylic acids is 4. The maximum absolute atomic E-state index is 14.1. The van der Waals surface area contributed by atoms with Gasteiger partial charge in [0.25, 0.3) is 11.7 Å². The first-order chi connectivity index (χ1) is 24.3. The number of piperidine rings is 1. The fraction of sp³-hybridized carbons (Fsp3) is 0.625. The van der Waals surface area contributed by atoms with Crippen LogP contribution < -0.4 is 0 Å². The Bertz CT molecular complexity index is 1360. The van der Waals surface area contributed by atoms with Gasteiger partial charge in [0.05, 0.1) is 12.2 Å². The number of aromatic nitrogens is 1. The number of aliphatic hydroxyl groups is 2. The fourth-order valence-electron chi connectivity index (χ4n) is 7.27. The van der Waals surface area contributed by atoms with E-state index in [2.05, 4.69) is 18.1 Å². The number of likely N-dealkylation sites (tertiary alicyclic amines) is 1. The number of aliphatic hydroxyl groups excluding tert-OH is 1. The standard InChI is InChI=1S/C40H58N2O9/c1-8-14-30(15-9-2)33(44)24-32(43)28(6)36(26(4)23-29-17-13-21-41-25-29)50-39(47)31-18-11-12-22-42(31)38(46)37(45)40(48)27(5)19-20-35(51-40)34(49-7)16-10-3/h8-10,13,16-17,21,25-28,30-32,34-36,43,48H,1-2,11-12,14-15,18-20,22-24H2,3-7H3/b16-10+/t26?,27-,28-,31+,32+,34+,35+,36-,40-/m1/s1. The number of ketones is 2. The summed E-state index contributed by atoms with van der Waals surface area (Å²) in [5, 5.41) is 23.0. The SMILES string of the molecule is C=CCC(CC=C)C(=O)C[C@H](O)[C@@H](C)[C@H](OC(=O)[C@@H]1CCCCN1C(=O)C(=O)[C@]1(O)O[C@H]([C@H](/C=C/C)OC)CC[C@H]1C)C(C)Cc1cccnc1. The summed E-state index contributed by atoms with van der Waals surface area (Å²) in [6, 6.07) is 2.63. The first-order valence-electron chi connectivity index (χ1n) is 18.3. The monoisotopic (exact) mass is 710 g/mol.